The number of nitrogens with zero attached hydrogens (tertiary/aromatic N) is 2. The Morgan fingerprint density at radius 1 is 0.239 bits per heavy atom. The normalized spacial score (nSPS) is 10.9. The molecule has 2 radical (unpaired) electrons. The predicted molar refractivity (Wildman–Crippen MR) is 364 cm³/mol. The number of hydrogen-bond donors (Lipinski definition) is 0. The van der Waals surface area contributed by atoms with E-state index in [4.69, 9.17) is 9.97 Å². The first-order valence-electron chi connectivity index (χ1n) is 31.0. The average Bonchev–Trinajstić information content (AvgIpc) is 3.44. The maximum Gasteiger partial charge on any atom is 0.0602 e. The molecule has 4 heteroatoms. The third-order valence-corrected chi connectivity index (χ3v) is 16.5. The van der Waals surface area contributed by atoms with Crippen molar-refractivity contribution in [1.82, 2.24) is 9.97 Å². The van der Waals surface area contributed by atoms with Crippen LogP contribution in [0.4, 0.5) is 0 Å². The van der Waals surface area contributed by atoms with Crippen LogP contribution in [0.3, 0.4) is 0 Å². The number of aryl methyl sites for hydroxylation is 4. The van der Waals surface area contributed by atoms with E-state index >= 15 is 0 Å². The molecule has 438 valence electrons. The van der Waals surface area contributed by atoms with Gasteiger partial charge in [-0.25, -0.2) is 0 Å². The number of fused-ring (bicyclic) bond motifs is 2. The second-order valence-corrected chi connectivity index (χ2v) is 22.6. The largest absolute Gasteiger partial charge is 0.296 e. The van der Waals surface area contributed by atoms with Crippen molar-refractivity contribution in [2.45, 2.75) is 77.0 Å². The standard InChI is InChI=1S/C45H38N.C39H34N.2Ir/c1(6-16-34-17-8-3-9-18-34)2-7-19-35-20-14-25-38(30-35)39-26-15-27-41(31-39)45-33-42(37-23-12-5-13-24-37)43-32-40(28-29-44(43)46-45)36-21-10-4-11-22-36;1(5-15-30-16-7-3-8-17-30)2-6-18-31-19-13-22-33(27-31)34-23-14-24-35(28-34)39-29-37(32-20-9-4-10-21-32)36-25-11-12-26-38(36)40-39;;/h3-5,8-15,17-18,20-26,28-33H,1-2,6-7,16,19H2;3-4,7-14,16-17,19-23,25-29H,1-2,5-6,15,18H2;;/q2*-1;;. The van der Waals surface area contributed by atoms with E-state index in [1.807, 2.05) is 12.1 Å². The van der Waals surface area contributed by atoms with Gasteiger partial charge < -0.3 is 0 Å². The zero-order valence-corrected chi connectivity index (χ0v) is 54.5. The van der Waals surface area contributed by atoms with E-state index in [0.29, 0.717) is 0 Å². The van der Waals surface area contributed by atoms with Crippen LogP contribution in [0.25, 0.3) is 100.0 Å². The molecule has 0 atom stereocenters. The first kappa shape index (κ1) is 62.6. The topological polar surface area (TPSA) is 25.8 Å². The summed E-state index contributed by atoms with van der Waals surface area (Å²) in [5.74, 6) is 0. The van der Waals surface area contributed by atoms with Gasteiger partial charge in [-0.2, -0.15) is 0 Å². The van der Waals surface area contributed by atoms with Gasteiger partial charge in [0.25, 0.3) is 0 Å². The molecule has 2 aromatic heterocycles. The second kappa shape index (κ2) is 32.0. The van der Waals surface area contributed by atoms with E-state index in [0.717, 1.165) is 51.8 Å². The van der Waals surface area contributed by atoms with Crippen molar-refractivity contribution < 1.29 is 40.2 Å². The van der Waals surface area contributed by atoms with Gasteiger partial charge >= 0.3 is 0 Å². The van der Waals surface area contributed by atoms with Crippen molar-refractivity contribution in [2.24, 2.45) is 0 Å². The number of aromatic nitrogens is 2. The molecule has 0 aliphatic carbocycles. The van der Waals surface area contributed by atoms with Crippen LogP contribution in [0.1, 0.15) is 73.6 Å². The van der Waals surface area contributed by atoms with Crippen LogP contribution in [0, 0.1) is 12.1 Å². The smallest absolute Gasteiger partial charge is 0.0602 e. The van der Waals surface area contributed by atoms with Crippen molar-refractivity contribution in [3.63, 3.8) is 0 Å². The maximum absolute atomic E-state index is 5.17. The molecule has 88 heavy (non-hydrogen) atoms. The number of benzene rings is 11. The van der Waals surface area contributed by atoms with Gasteiger partial charge in [-0.05, 0) is 148 Å². The van der Waals surface area contributed by atoms with E-state index in [9.17, 15) is 0 Å². The molecule has 0 saturated heterocycles. The van der Waals surface area contributed by atoms with Gasteiger partial charge in [0, 0.05) is 51.0 Å². The van der Waals surface area contributed by atoms with Crippen molar-refractivity contribution >= 4 is 21.8 Å². The van der Waals surface area contributed by atoms with E-state index in [1.165, 1.54) is 147 Å². The maximum atomic E-state index is 5.17. The summed E-state index contributed by atoms with van der Waals surface area (Å²) in [6.07, 6.45) is 14.7. The molecule has 0 aliphatic heterocycles. The quantitative estimate of drug-likeness (QED) is 0.0529. The number of pyridine rings is 2. The predicted octanol–water partition coefficient (Wildman–Crippen LogP) is 22.4. The third kappa shape index (κ3) is 16.6. The van der Waals surface area contributed by atoms with E-state index in [-0.39, 0.29) is 40.2 Å². The Bertz CT molecular complexity index is 4280. The van der Waals surface area contributed by atoms with Gasteiger partial charge in [0.05, 0.1) is 11.0 Å². The van der Waals surface area contributed by atoms with Gasteiger partial charge in [-0.1, -0.05) is 262 Å². The van der Waals surface area contributed by atoms with Gasteiger partial charge in [0.1, 0.15) is 0 Å². The summed E-state index contributed by atoms with van der Waals surface area (Å²) in [5.41, 5.74) is 23.7. The molecular formula is C84H72Ir2N2-2. The van der Waals surface area contributed by atoms with Crippen LogP contribution in [-0.4, -0.2) is 9.97 Å². The Morgan fingerprint density at radius 3 is 1.07 bits per heavy atom. The first-order chi connectivity index (χ1) is 42.6. The Balaban J connectivity index is 0.000000192. The van der Waals surface area contributed by atoms with E-state index < -0.39 is 0 Å². The summed E-state index contributed by atoms with van der Waals surface area (Å²) in [6, 6.07) is 111. The number of rotatable bonds is 21. The molecule has 0 bridgehead atoms. The van der Waals surface area contributed by atoms with Gasteiger partial charge in [-0.15, -0.1) is 70.8 Å². The zero-order chi connectivity index (χ0) is 58.0. The van der Waals surface area contributed by atoms with Crippen molar-refractivity contribution in [3.8, 4) is 78.1 Å². The van der Waals surface area contributed by atoms with Crippen molar-refractivity contribution in [2.75, 3.05) is 0 Å². The third-order valence-electron chi connectivity index (χ3n) is 16.5. The van der Waals surface area contributed by atoms with E-state index in [1.54, 1.807) is 0 Å². The molecule has 0 saturated carbocycles. The molecule has 11 aromatic carbocycles. The summed E-state index contributed by atoms with van der Waals surface area (Å²) in [6.45, 7) is 0. The Kier molecular flexibility index (Phi) is 22.7. The molecule has 0 aliphatic rings. The fourth-order valence-electron chi connectivity index (χ4n) is 11.9. The number of para-hydroxylation sites is 1. The summed E-state index contributed by atoms with van der Waals surface area (Å²) in [4.78, 5) is 10.2. The molecule has 0 amide bonds. The summed E-state index contributed by atoms with van der Waals surface area (Å²) in [7, 11) is 0. The fourth-order valence-corrected chi connectivity index (χ4v) is 11.9. The number of unbranched alkanes of at least 4 members (excludes halogenated alkanes) is 6. The fraction of sp³-hybridized carbons (Fsp3) is 0.143. The van der Waals surface area contributed by atoms with Crippen LogP contribution in [0.2, 0.25) is 0 Å². The Labute approximate surface area is 548 Å². The molecule has 13 aromatic rings. The minimum atomic E-state index is 0. The van der Waals surface area contributed by atoms with Crippen molar-refractivity contribution in [3.05, 3.63) is 326 Å². The zero-order valence-electron chi connectivity index (χ0n) is 49.8. The molecule has 0 fully saturated rings. The first-order valence-corrected chi connectivity index (χ1v) is 31.0. The Hall–Kier alpha value is -8.46. The minimum Gasteiger partial charge on any atom is -0.296 e. The molecule has 0 unspecified atom stereocenters. The summed E-state index contributed by atoms with van der Waals surface area (Å²) < 4.78 is 0. The summed E-state index contributed by atoms with van der Waals surface area (Å²) in [5, 5.41) is 2.32. The van der Waals surface area contributed by atoms with Crippen LogP contribution in [0.15, 0.2) is 291 Å². The molecule has 0 N–H and O–H groups in total. The van der Waals surface area contributed by atoms with Crippen LogP contribution in [0.5, 0.6) is 0 Å². The molecule has 2 nitrogen and oxygen atoms in total. The number of hydrogen-bond acceptors (Lipinski definition) is 2. The van der Waals surface area contributed by atoms with Crippen LogP contribution < -0.4 is 0 Å². The van der Waals surface area contributed by atoms with E-state index in [2.05, 4.69) is 291 Å². The minimum absolute atomic E-state index is 0. The summed E-state index contributed by atoms with van der Waals surface area (Å²) >= 11 is 0. The van der Waals surface area contributed by atoms with Crippen LogP contribution in [-0.2, 0) is 65.9 Å². The molecular weight excluding hydrogens is 1420 g/mol. The molecule has 0 spiro atoms. The average molecular weight is 1490 g/mol. The van der Waals surface area contributed by atoms with Crippen LogP contribution >= 0.6 is 0 Å². The van der Waals surface area contributed by atoms with Crippen molar-refractivity contribution in [1.29, 1.82) is 0 Å². The van der Waals surface area contributed by atoms with Gasteiger partial charge in [0.2, 0.25) is 0 Å². The monoisotopic (exact) mass is 1490 g/mol. The molecule has 13 rings (SSSR count). The molecule has 2 heterocycles. The Morgan fingerprint density at radius 2 is 0.591 bits per heavy atom. The second-order valence-electron chi connectivity index (χ2n) is 22.6. The van der Waals surface area contributed by atoms with Gasteiger partial charge in [0.15, 0.2) is 0 Å². The van der Waals surface area contributed by atoms with Gasteiger partial charge in [-0.3, -0.25) is 9.97 Å². The SMILES string of the molecule is [Ir].[Ir].[c-]1ccc(-c2cccc(CCCCCCc3ccccc3)c2)cc1-c1cc(-c2ccccc2)c2cc(-c3ccccc3)ccc2n1.[c-]1ccc(-c2cccc(CCCCCCc3ccccc3)c2)cc1-c1cc(-c2ccccc2)c2ccccc2n1.